The Balaban J connectivity index is 1.81. The predicted octanol–water partition coefficient (Wildman–Crippen LogP) is 2.89. The van der Waals surface area contributed by atoms with Crippen LogP contribution in [0.15, 0.2) is 24.3 Å². The van der Waals surface area contributed by atoms with Crippen LogP contribution in [-0.2, 0) is 20.5 Å². The lowest BCUT2D eigenvalue weighted by Gasteiger charge is -2.31. The van der Waals surface area contributed by atoms with Crippen molar-refractivity contribution < 1.29 is 22.3 Å². The molecule has 2 rings (SSSR count). The van der Waals surface area contributed by atoms with Crippen LogP contribution in [0.5, 0.6) is 0 Å². The molecule has 0 aliphatic carbocycles. The average molecular weight is 386 g/mol. The summed E-state index contributed by atoms with van der Waals surface area (Å²) in [6, 6.07) is 5.65. The summed E-state index contributed by atoms with van der Waals surface area (Å²) in [6.07, 6.45) is 0.870. The van der Waals surface area contributed by atoms with E-state index in [0.29, 0.717) is 38.0 Å². The second-order valence-electron chi connectivity index (χ2n) is 7.61. The predicted molar refractivity (Wildman–Crippen MR) is 97.6 cm³/mol. The first-order chi connectivity index (χ1) is 12.0. The first-order valence-corrected chi connectivity index (χ1v) is 10.4. The number of carbonyl (C=O) groups is 1. The molecule has 1 aliphatic rings. The van der Waals surface area contributed by atoms with E-state index < -0.39 is 27.5 Å². The van der Waals surface area contributed by atoms with Crippen LogP contribution in [0.1, 0.15) is 39.2 Å². The third-order valence-corrected chi connectivity index (χ3v) is 5.99. The van der Waals surface area contributed by atoms with Crippen molar-refractivity contribution >= 4 is 16.1 Å². The van der Waals surface area contributed by atoms with Crippen LogP contribution in [0.2, 0.25) is 0 Å². The van der Waals surface area contributed by atoms with Gasteiger partial charge in [-0.3, -0.25) is 0 Å². The summed E-state index contributed by atoms with van der Waals surface area (Å²) in [7, 11) is -3.48. The van der Waals surface area contributed by atoms with Gasteiger partial charge in [0.25, 0.3) is 0 Å². The summed E-state index contributed by atoms with van der Waals surface area (Å²) in [5, 5.41) is 2.74. The van der Waals surface area contributed by atoms with E-state index in [1.807, 2.05) is 0 Å². The Morgan fingerprint density at radius 3 is 2.54 bits per heavy atom. The fraction of sp³-hybridized carbons (Fsp3) is 0.611. The van der Waals surface area contributed by atoms with Crippen molar-refractivity contribution in [2.45, 2.75) is 45.0 Å². The Morgan fingerprint density at radius 2 is 1.96 bits per heavy atom. The van der Waals surface area contributed by atoms with E-state index in [1.165, 1.54) is 22.5 Å². The lowest BCUT2D eigenvalue weighted by Crippen LogP contribution is -2.42. The number of sulfonamides is 1. The second-order valence-corrected chi connectivity index (χ2v) is 9.58. The maximum Gasteiger partial charge on any atom is 0.407 e. The molecule has 26 heavy (non-hydrogen) atoms. The van der Waals surface area contributed by atoms with Crippen LogP contribution in [0.4, 0.5) is 9.18 Å². The standard InChI is InChI=1S/C18H27FN2O4S/c1-18(2,3)25-17(22)20-12-14-7-9-21(10-8-14)26(23,24)13-15-5-4-6-16(19)11-15/h4-6,11,14H,7-10,12-13H2,1-3H3,(H,20,22). The number of nitrogens with one attached hydrogen (secondary N) is 1. The number of hydrogen-bond acceptors (Lipinski definition) is 4. The molecule has 0 unspecified atom stereocenters. The molecular weight excluding hydrogens is 359 g/mol. The Kier molecular flexibility index (Phi) is 6.63. The number of hydrogen-bond donors (Lipinski definition) is 1. The van der Waals surface area contributed by atoms with Crippen molar-refractivity contribution in [1.29, 1.82) is 0 Å². The van der Waals surface area contributed by atoms with Crippen molar-refractivity contribution in [2.75, 3.05) is 19.6 Å². The zero-order chi connectivity index (χ0) is 19.4. The molecule has 1 fully saturated rings. The molecule has 1 amide bonds. The van der Waals surface area contributed by atoms with Gasteiger partial charge in [-0.2, -0.15) is 0 Å². The number of ether oxygens (including phenoxy) is 1. The van der Waals surface area contributed by atoms with Crippen LogP contribution in [0.25, 0.3) is 0 Å². The summed E-state index contributed by atoms with van der Waals surface area (Å²) >= 11 is 0. The molecule has 8 heteroatoms. The van der Waals surface area contributed by atoms with Gasteiger partial charge in [0.1, 0.15) is 11.4 Å². The van der Waals surface area contributed by atoms with Gasteiger partial charge in [0.05, 0.1) is 5.75 Å². The van der Waals surface area contributed by atoms with E-state index in [9.17, 15) is 17.6 Å². The van der Waals surface area contributed by atoms with Crippen LogP contribution in [0.3, 0.4) is 0 Å². The minimum Gasteiger partial charge on any atom is -0.444 e. The summed E-state index contributed by atoms with van der Waals surface area (Å²) in [5.74, 6) is -0.432. The normalized spacial score (nSPS) is 17.1. The highest BCUT2D eigenvalue weighted by atomic mass is 32.2. The van der Waals surface area contributed by atoms with E-state index >= 15 is 0 Å². The number of benzene rings is 1. The number of alkyl carbamates (subject to hydrolysis) is 1. The van der Waals surface area contributed by atoms with Gasteiger partial charge in [-0.25, -0.2) is 21.9 Å². The molecule has 1 aliphatic heterocycles. The summed E-state index contributed by atoms with van der Waals surface area (Å²) in [5.41, 5.74) is -0.1000. The van der Waals surface area contributed by atoms with Gasteiger partial charge in [0.2, 0.25) is 10.0 Å². The maximum absolute atomic E-state index is 13.2. The summed E-state index contributed by atoms with van der Waals surface area (Å²) in [4.78, 5) is 11.7. The first kappa shape index (κ1) is 20.6. The average Bonchev–Trinajstić information content (AvgIpc) is 2.51. The van der Waals surface area contributed by atoms with Crippen molar-refractivity contribution in [1.82, 2.24) is 9.62 Å². The van der Waals surface area contributed by atoms with Gasteiger partial charge >= 0.3 is 6.09 Å². The Labute approximate surface area is 154 Å². The number of carbonyl (C=O) groups excluding carboxylic acids is 1. The van der Waals surface area contributed by atoms with Gasteiger partial charge in [0.15, 0.2) is 0 Å². The van der Waals surface area contributed by atoms with E-state index in [1.54, 1.807) is 26.8 Å². The summed E-state index contributed by atoms with van der Waals surface area (Å²) in [6.45, 7) is 6.67. The van der Waals surface area contributed by atoms with E-state index in [2.05, 4.69) is 5.32 Å². The molecule has 0 bridgehead atoms. The maximum atomic E-state index is 13.2. The third kappa shape index (κ3) is 6.57. The van der Waals surface area contributed by atoms with Crippen molar-refractivity contribution in [3.8, 4) is 0 Å². The minimum absolute atomic E-state index is 0.203. The van der Waals surface area contributed by atoms with Crippen LogP contribution >= 0.6 is 0 Å². The van der Waals surface area contributed by atoms with E-state index in [-0.39, 0.29) is 11.7 Å². The lowest BCUT2D eigenvalue weighted by atomic mass is 9.98. The third-order valence-electron chi connectivity index (χ3n) is 4.14. The van der Waals surface area contributed by atoms with Crippen LogP contribution < -0.4 is 5.32 Å². The molecule has 1 saturated heterocycles. The van der Waals surface area contributed by atoms with Gasteiger partial charge in [-0.05, 0) is 57.2 Å². The second kappa shape index (κ2) is 8.35. The topological polar surface area (TPSA) is 75.7 Å². The molecule has 1 aromatic rings. The highest BCUT2D eigenvalue weighted by Crippen LogP contribution is 2.21. The smallest absolute Gasteiger partial charge is 0.407 e. The van der Waals surface area contributed by atoms with E-state index in [0.717, 1.165) is 0 Å². The van der Waals surface area contributed by atoms with E-state index in [4.69, 9.17) is 4.74 Å². The van der Waals surface area contributed by atoms with Gasteiger partial charge in [0, 0.05) is 19.6 Å². The van der Waals surface area contributed by atoms with Crippen molar-refractivity contribution in [2.24, 2.45) is 5.92 Å². The molecule has 0 spiro atoms. The molecule has 6 nitrogen and oxygen atoms in total. The Morgan fingerprint density at radius 1 is 1.31 bits per heavy atom. The zero-order valence-electron chi connectivity index (χ0n) is 15.5. The molecule has 0 saturated carbocycles. The molecule has 0 radical (unpaired) electrons. The van der Waals surface area contributed by atoms with Crippen molar-refractivity contribution in [3.63, 3.8) is 0 Å². The minimum atomic E-state index is -3.48. The largest absolute Gasteiger partial charge is 0.444 e. The Hall–Kier alpha value is -1.67. The fourth-order valence-electron chi connectivity index (χ4n) is 2.86. The molecule has 1 heterocycles. The monoisotopic (exact) mass is 386 g/mol. The molecule has 146 valence electrons. The van der Waals surface area contributed by atoms with Gasteiger partial charge in [-0.15, -0.1) is 0 Å². The zero-order valence-corrected chi connectivity index (χ0v) is 16.3. The number of nitrogens with zero attached hydrogens (tertiary/aromatic N) is 1. The number of piperidine rings is 1. The van der Waals surface area contributed by atoms with Gasteiger partial charge < -0.3 is 10.1 Å². The summed E-state index contributed by atoms with van der Waals surface area (Å²) < 4.78 is 44.9. The first-order valence-electron chi connectivity index (χ1n) is 8.74. The molecule has 1 N–H and O–H groups in total. The fourth-order valence-corrected chi connectivity index (χ4v) is 4.41. The van der Waals surface area contributed by atoms with Crippen LogP contribution in [-0.4, -0.2) is 44.1 Å². The molecule has 0 atom stereocenters. The quantitative estimate of drug-likeness (QED) is 0.844. The number of rotatable bonds is 5. The molecule has 0 aromatic heterocycles. The SMILES string of the molecule is CC(C)(C)OC(=O)NCC1CCN(S(=O)(=O)Cc2cccc(F)c2)CC1. The highest BCUT2D eigenvalue weighted by molar-refractivity contribution is 7.88. The lowest BCUT2D eigenvalue weighted by molar-refractivity contribution is 0.0513. The number of amides is 1. The van der Waals surface area contributed by atoms with Crippen molar-refractivity contribution in [3.05, 3.63) is 35.6 Å². The highest BCUT2D eigenvalue weighted by Gasteiger charge is 2.28. The molecule has 1 aromatic carbocycles. The molecular formula is C18H27FN2O4S. The van der Waals surface area contributed by atoms with Crippen LogP contribution in [0, 0.1) is 11.7 Å². The van der Waals surface area contributed by atoms with Gasteiger partial charge in [-0.1, -0.05) is 12.1 Å². The Bertz CT molecular complexity index is 723. The number of halogens is 1.